The van der Waals surface area contributed by atoms with Gasteiger partial charge in [-0.1, -0.05) is 31.2 Å². The summed E-state index contributed by atoms with van der Waals surface area (Å²) >= 11 is 0. The van der Waals surface area contributed by atoms with Crippen molar-refractivity contribution in [3.8, 4) is 5.75 Å². The Bertz CT molecular complexity index is 743. The lowest BCUT2D eigenvalue weighted by atomic mass is 10.1. The van der Waals surface area contributed by atoms with E-state index in [0.717, 1.165) is 17.7 Å². The first-order valence-electron chi connectivity index (χ1n) is 7.61. The Morgan fingerprint density at radius 3 is 2.87 bits per heavy atom. The van der Waals surface area contributed by atoms with Crippen molar-refractivity contribution in [3.63, 3.8) is 0 Å². The molecule has 0 spiro atoms. The van der Waals surface area contributed by atoms with Crippen LogP contribution in [0.2, 0.25) is 0 Å². The number of anilines is 2. The highest BCUT2D eigenvalue weighted by atomic mass is 16.5. The van der Waals surface area contributed by atoms with Crippen LogP contribution in [0.1, 0.15) is 18.9 Å². The number of fused-ring (bicyclic) bond motifs is 1. The van der Waals surface area contributed by atoms with Crippen molar-refractivity contribution in [1.82, 2.24) is 0 Å². The number of nitrogens with one attached hydrogen (secondary N) is 2. The van der Waals surface area contributed by atoms with Crippen molar-refractivity contribution in [3.05, 3.63) is 54.1 Å². The molecule has 0 radical (unpaired) electrons. The molecule has 2 aromatic rings. The van der Waals surface area contributed by atoms with Crippen molar-refractivity contribution in [2.45, 2.75) is 25.9 Å². The number of benzene rings is 2. The Labute approximate surface area is 134 Å². The average Bonchev–Trinajstić information content (AvgIpc) is 2.55. The number of carbonyl (C=O) groups excluding carboxylic acids is 2. The molecular weight excluding hydrogens is 292 g/mol. The smallest absolute Gasteiger partial charge is 0.266 e. The van der Waals surface area contributed by atoms with Gasteiger partial charge in [-0.25, -0.2) is 0 Å². The lowest BCUT2D eigenvalue weighted by molar-refractivity contribution is -0.128. The number of aryl methyl sites for hydroxylation is 1. The van der Waals surface area contributed by atoms with Crippen LogP contribution in [0.5, 0.6) is 5.75 Å². The average molecular weight is 310 g/mol. The molecule has 2 aromatic carbocycles. The number of rotatable bonds is 4. The fourth-order valence-corrected chi connectivity index (χ4v) is 2.48. The van der Waals surface area contributed by atoms with E-state index < -0.39 is 6.10 Å². The zero-order chi connectivity index (χ0) is 16.2. The number of amides is 2. The summed E-state index contributed by atoms with van der Waals surface area (Å²) in [6.45, 7) is 2.05. The molecule has 1 atom stereocenters. The summed E-state index contributed by atoms with van der Waals surface area (Å²) in [5, 5.41) is 5.56. The summed E-state index contributed by atoms with van der Waals surface area (Å²) in [6.07, 6.45) is 0.0461. The third-order valence-electron chi connectivity index (χ3n) is 3.70. The van der Waals surface area contributed by atoms with E-state index in [1.54, 1.807) is 12.1 Å². The van der Waals surface area contributed by atoms with Crippen LogP contribution in [0, 0.1) is 0 Å². The van der Waals surface area contributed by atoms with Crippen molar-refractivity contribution < 1.29 is 14.3 Å². The molecule has 0 unspecified atom stereocenters. The van der Waals surface area contributed by atoms with Gasteiger partial charge < -0.3 is 15.4 Å². The van der Waals surface area contributed by atoms with Gasteiger partial charge in [-0.15, -0.1) is 0 Å². The molecule has 0 aromatic heterocycles. The first-order valence-corrected chi connectivity index (χ1v) is 7.61. The van der Waals surface area contributed by atoms with E-state index in [9.17, 15) is 9.59 Å². The molecule has 5 heteroatoms. The van der Waals surface area contributed by atoms with Gasteiger partial charge in [-0.05, 0) is 36.2 Å². The van der Waals surface area contributed by atoms with Gasteiger partial charge in [-0.2, -0.15) is 0 Å². The van der Waals surface area contributed by atoms with Gasteiger partial charge in [0, 0.05) is 5.69 Å². The van der Waals surface area contributed by atoms with E-state index >= 15 is 0 Å². The van der Waals surface area contributed by atoms with Gasteiger partial charge in [0.05, 0.1) is 12.1 Å². The maximum Gasteiger partial charge on any atom is 0.266 e. The minimum absolute atomic E-state index is 0.0312. The van der Waals surface area contributed by atoms with Crippen molar-refractivity contribution in [1.29, 1.82) is 0 Å². The summed E-state index contributed by atoms with van der Waals surface area (Å²) in [5.74, 6) is 0.0248. The topological polar surface area (TPSA) is 67.4 Å². The van der Waals surface area contributed by atoms with E-state index in [0.29, 0.717) is 11.4 Å². The van der Waals surface area contributed by atoms with Gasteiger partial charge in [0.1, 0.15) is 5.75 Å². The fourth-order valence-electron chi connectivity index (χ4n) is 2.48. The second-order valence-corrected chi connectivity index (χ2v) is 5.40. The maximum atomic E-state index is 12.2. The summed E-state index contributed by atoms with van der Waals surface area (Å²) < 4.78 is 5.62. The van der Waals surface area contributed by atoms with Gasteiger partial charge in [0.2, 0.25) is 5.91 Å². The highest BCUT2D eigenvalue weighted by molar-refractivity contribution is 6.01. The highest BCUT2D eigenvalue weighted by Gasteiger charge is 2.29. The number of para-hydroxylation sites is 2. The minimum Gasteiger partial charge on any atom is -0.478 e. The lowest BCUT2D eigenvalue weighted by Gasteiger charge is -2.25. The number of hydrogen-bond acceptors (Lipinski definition) is 3. The Hall–Kier alpha value is -2.82. The summed E-state index contributed by atoms with van der Waals surface area (Å²) in [6, 6.07) is 14.8. The van der Waals surface area contributed by atoms with Crippen LogP contribution in [-0.2, 0) is 16.0 Å². The summed E-state index contributed by atoms with van der Waals surface area (Å²) in [4.78, 5) is 24.2. The van der Waals surface area contributed by atoms with Gasteiger partial charge in [-0.3, -0.25) is 9.59 Å². The Morgan fingerprint density at radius 1 is 1.22 bits per heavy atom. The molecule has 118 valence electrons. The van der Waals surface area contributed by atoms with E-state index in [1.165, 1.54) is 0 Å². The molecule has 0 fully saturated rings. The molecule has 0 bridgehead atoms. The standard InChI is InChI=1S/C18H18N2O3/c1-2-12-6-5-7-13(10-12)19-17(21)11-16-18(22)20-14-8-3-4-9-15(14)23-16/h3-10,16H,2,11H2,1H3,(H,19,21)(H,20,22)/t16-/m1/s1. The SMILES string of the molecule is CCc1cccc(NC(=O)C[C@H]2Oc3ccccc3NC2=O)c1. The molecule has 5 nitrogen and oxygen atoms in total. The molecule has 1 heterocycles. The Morgan fingerprint density at radius 2 is 2.04 bits per heavy atom. The molecule has 1 aliphatic rings. The summed E-state index contributed by atoms with van der Waals surface area (Å²) in [5.41, 5.74) is 2.50. The fraction of sp³-hybridized carbons (Fsp3) is 0.222. The zero-order valence-corrected chi connectivity index (χ0v) is 12.8. The van der Waals surface area contributed by atoms with Crippen LogP contribution >= 0.6 is 0 Å². The normalized spacial score (nSPS) is 16.0. The lowest BCUT2D eigenvalue weighted by Crippen LogP contribution is -2.39. The van der Waals surface area contributed by atoms with Gasteiger partial charge in [0.15, 0.2) is 6.10 Å². The molecule has 1 aliphatic heterocycles. The highest BCUT2D eigenvalue weighted by Crippen LogP contribution is 2.29. The Kier molecular flexibility index (Phi) is 4.28. The molecule has 2 amide bonds. The predicted octanol–water partition coefficient (Wildman–Crippen LogP) is 2.98. The van der Waals surface area contributed by atoms with E-state index in [-0.39, 0.29) is 18.2 Å². The second-order valence-electron chi connectivity index (χ2n) is 5.40. The molecule has 23 heavy (non-hydrogen) atoms. The van der Waals surface area contributed by atoms with Gasteiger partial charge in [0.25, 0.3) is 5.91 Å². The zero-order valence-electron chi connectivity index (χ0n) is 12.8. The largest absolute Gasteiger partial charge is 0.478 e. The minimum atomic E-state index is -0.820. The van der Waals surface area contributed by atoms with Crippen LogP contribution in [0.25, 0.3) is 0 Å². The number of carbonyl (C=O) groups is 2. The van der Waals surface area contributed by atoms with Crippen LogP contribution in [0.3, 0.4) is 0 Å². The summed E-state index contributed by atoms with van der Waals surface area (Å²) in [7, 11) is 0. The van der Waals surface area contributed by atoms with E-state index in [1.807, 2.05) is 36.4 Å². The number of ether oxygens (including phenoxy) is 1. The third kappa shape index (κ3) is 3.51. The van der Waals surface area contributed by atoms with Crippen LogP contribution in [-0.4, -0.2) is 17.9 Å². The van der Waals surface area contributed by atoms with Crippen molar-refractivity contribution >= 4 is 23.2 Å². The second kappa shape index (κ2) is 6.52. The predicted molar refractivity (Wildman–Crippen MR) is 88.6 cm³/mol. The van der Waals surface area contributed by atoms with Crippen LogP contribution < -0.4 is 15.4 Å². The molecule has 0 aliphatic carbocycles. The van der Waals surface area contributed by atoms with Crippen LogP contribution in [0.15, 0.2) is 48.5 Å². The number of hydrogen-bond donors (Lipinski definition) is 2. The van der Waals surface area contributed by atoms with Crippen LogP contribution in [0.4, 0.5) is 11.4 Å². The molecular formula is C18H18N2O3. The molecule has 0 saturated heterocycles. The van der Waals surface area contributed by atoms with E-state index in [2.05, 4.69) is 17.6 Å². The quantitative estimate of drug-likeness (QED) is 0.912. The first-order chi connectivity index (χ1) is 11.2. The van der Waals surface area contributed by atoms with Crippen molar-refractivity contribution in [2.24, 2.45) is 0 Å². The first kappa shape index (κ1) is 15.1. The van der Waals surface area contributed by atoms with Gasteiger partial charge >= 0.3 is 0 Å². The van der Waals surface area contributed by atoms with Crippen molar-refractivity contribution in [2.75, 3.05) is 10.6 Å². The molecule has 0 saturated carbocycles. The Balaban J connectivity index is 1.65. The maximum absolute atomic E-state index is 12.2. The third-order valence-corrected chi connectivity index (χ3v) is 3.70. The monoisotopic (exact) mass is 310 g/mol. The molecule has 3 rings (SSSR count). The van der Waals surface area contributed by atoms with E-state index in [4.69, 9.17) is 4.74 Å². The molecule has 2 N–H and O–H groups in total.